The number of carbonyl (C=O) groups is 1. The molecule has 5 nitrogen and oxygen atoms in total. The van der Waals surface area contributed by atoms with Crippen LogP contribution in [0.5, 0.6) is 0 Å². The van der Waals surface area contributed by atoms with Gasteiger partial charge in [-0.1, -0.05) is 51.1 Å². The van der Waals surface area contributed by atoms with Gasteiger partial charge in [0.2, 0.25) is 0 Å². The van der Waals surface area contributed by atoms with Crippen molar-refractivity contribution in [2.75, 3.05) is 19.6 Å². The quantitative estimate of drug-likeness (QED) is 0.905. The highest BCUT2D eigenvalue weighted by atomic mass is 16.4. The van der Waals surface area contributed by atoms with E-state index in [1.54, 1.807) is 4.90 Å². The lowest BCUT2D eigenvalue weighted by atomic mass is 9.79. The van der Waals surface area contributed by atoms with E-state index in [1.165, 1.54) is 0 Å². The van der Waals surface area contributed by atoms with E-state index in [0.29, 0.717) is 12.6 Å². The van der Waals surface area contributed by atoms with Crippen molar-refractivity contribution in [3.8, 4) is 0 Å². The Labute approximate surface area is 144 Å². The number of likely N-dealkylation sites (tertiary alicyclic amines) is 1. The van der Waals surface area contributed by atoms with Crippen LogP contribution in [0, 0.1) is 5.41 Å². The lowest BCUT2D eigenvalue weighted by Crippen LogP contribution is -2.56. The maximum atomic E-state index is 11.6. The van der Waals surface area contributed by atoms with Gasteiger partial charge in [-0.3, -0.25) is 4.99 Å². The Morgan fingerprint density at radius 3 is 2.54 bits per heavy atom. The molecule has 2 heterocycles. The molecule has 2 aliphatic heterocycles. The van der Waals surface area contributed by atoms with E-state index in [2.05, 4.69) is 37.8 Å². The zero-order valence-electron chi connectivity index (χ0n) is 14.8. The minimum atomic E-state index is -0.799. The van der Waals surface area contributed by atoms with Gasteiger partial charge in [-0.15, -0.1) is 0 Å². The zero-order valence-corrected chi connectivity index (χ0v) is 14.8. The average molecular weight is 329 g/mol. The number of piperidine rings is 1. The van der Waals surface area contributed by atoms with Gasteiger partial charge in [0, 0.05) is 30.7 Å². The zero-order chi connectivity index (χ0) is 17.3. The minimum Gasteiger partial charge on any atom is -0.465 e. The monoisotopic (exact) mass is 329 g/mol. The number of hydrogen-bond acceptors (Lipinski definition) is 3. The number of amides is 1. The van der Waals surface area contributed by atoms with E-state index in [-0.39, 0.29) is 11.5 Å². The third-order valence-electron chi connectivity index (χ3n) is 5.17. The van der Waals surface area contributed by atoms with E-state index >= 15 is 0 Å². The Morgan fingerprint density at radius 2 is 1.92 bits per heavy atom. The highest BCUT2D eigenvalue weighted by molar-refractivity contribution is 6.00. The summed E-state index contributed by atoms with van der Waals surface area (Å²) >= 11 is 0. The number of hydrogen-bond donors (Lipinski definition) is 1. The summed E-state index contributed by atoms with van der Waals surface area (Å²) in [5.74, 6) is 1.07. The van der Waals surface area contributed by atoms with Crippen LogP contribution in [-0.2, 0) is 0 Å². The molecule has 3 rings (SSSR count). The molecule has 0 spiro atoms. The maximum Gasteiger partial charge on any atom is 0.407 e. The molecule has 0 aromatic heterocycles. The summed E-state index contributed by atoms with van der Waals surface area (Å²) in [5.41, 5.74) is 1.09. The molecule has 1 aromatic rings. The number of amidine groups is 1. The first-order valence-corrected chi connectivity index (χ1v) is 8.74. The van der Waals surface area contributed by atoms with Crippen LogP contribution in [-0.4, -0.2) is 58.6 Å². The van der Waals surface area contributed by atoms with Crippen LogP contribution in [0.3, 0.4) is 0 Å². The van der Waals surface area contributed by atoms with E-state index < -0.39 is 6.09 Å². The van der Waals surface area contributed by atoms with Crippen molar-refractivity contribution in [3.63, 3.8) is 0 Å². The average Bonchev–Trinajstić information content (AvgIpc) is 3.04. The van der Waals surface area contributed by atoms with Gasteiger partial charge in [0.25, 0.3) is 0 Å². The van der Waals surface area contributed by atoms with Gasteiger partial charge in [0.15, 0.2) is 0 Å². The van der Waals surface area contributed by atoms with Crippen molar-refractivity contribution in [1.82, 2.24) is 9.80 Å². The third kappa shape index (κ3) is 3.25. The van der Waals surface area contributed by atoms with E-state index in [4.69, 9.17) is 4.99 Å². The molecule has 0 bridgehead atoms. The fourth-order valence-corrected chi connectivity index (χ4v) is 3.94. The lowest BCUT2D eigenvalue weighted by Gasteiger charge is -2.47. The smallest absolute Gasteiger partial charge is 0.407 e. The predicted molar refractivity (Wildman–Crippen MR) is 95.5 cm³/mol. The molecule has 1 saturated heterocycles. The summed E-state index contributed by atoms with van der Waals surface area (Å²) in [6, 6.07) is 10.7. The van der Waals surface area contributed by atoms with Crippen LogP contribution in [0.1, 0.15) is 39.2 Å². The lowest BCUT2D eigenvalue weighted by molar-refractivity contribution is 0.0357. The SMILES string of the molecule is CC(C)(C)C1CC(N2CCN=C2c2ccccc2)CCN1C(=O)O. The minimum absolute atomic E-state index is 0.0337. The largest absolute Gasteiger partial charge is 0.465 e. The molecule has 0 radical (unpaired) electrons. The van der Waals surface area contributed by atoms with Crippen molar-refractivity contribution in [3.05, 3.63) is 35.9 Å². The summed E-state index contributed by atoms with van der Waals surface area (Å²) in [7, 11) is 0. The Bertz CT molecular complexity index is 621. The highest BCUT2D eigenvalue weighted by Crippen LogP contribution is 2.34. The summed E-state index contributed by atoms with van der Waals surface area (Å²) < 4.78 is 0. The molecule has 130 valence electrons. The van der Waals surface area contributed by atoms with Gasteiger partial charge in [0.1, 0.15) is 5.84 Å². The van der Waals surface area contributed by atoms with E-state index in [9.17, 15) is 9.90 Å². The Hall–Kier alpha value is -2.04. The second-order valence-corrected chi connectivity index (χ2v) is 7.80. The molecule has 5 heteroatoms. The molecule has 2 aliphatic rings. The standard InChI is InChI=1S/C19H27N3O2/c1-19(2,3)16-13-15(9-11-22(16)18(23)24)21-12-10-20-17(21)14-7-5-4-6-8-14/h4-8,15-16H,9-13H2,1-3H3,(H,23,24). The molecule has 1 amide bonds. The topological polar surface area (TPSA) is 56.1 Å². The number of aliphatic imine (C=N–C) groups is 1. The maximum absolute atomic E-state index is 11.6. The van der Waals surface area contributed by atoms with Gasteiger partial charge in [-0.2, -0.15) is 0 Å². The first-order valence-electron chi connectivity index (χ1n) is 8.74. The number of benzene rings is 1. The Balaban J connectivity index is 1.80. The number of rotatable bonds is 2. The van der Waals surface area contributed by atoms with Crippen molar-refractivity contribution in [1.29, 1.82) is 0 Å². The molecule has 2 atom stereocenters. The van der Waals surface area contributed by atoms with Gasteiger partial charge in [-0.05, 0) is 18.3 Å². The summed E-state index contributed by atoms with van der Waals surface area (Å²) in [6.45, 7) is 8.74. The molecular weight excluding hydrogens is 302 g/mol. The van der Waals surface area contributed by atoms with Crippen LogP contribution in [0.25, 0.3) is 0 Å². The molecule has 24 heavy (non-hydrogen) atoms. The molecule has 0 saturated carbocycles. The molecule has 1 aromatic carbocycles. The molecule has 0 aliphatic carbocycles. The van der Waals surface area contributed by atoms with E-state index in [0.717, 1.165) is 37.3 Å². The van der Waals surface area contributed by atoms with Crippen molar-refractivity contribution in [2.45, 2.75) is 45.7 Å². The molecule has 2 unspecified atom stereocenters. The van der Waals surface area contributed by atoms with Gasteiger partial charge in [0.05, 0.1) is 6.54 Å². The van der Waals surface area contributed by atoms with Gasteiger partial charge >= 0.3 is 6.09 Å². The Kier molecular flexibility index (Phi) is 4.52. The second kappa shape index (κ2) is 6.46. The first kappa shape index (κ1) is 16.8. The second-order valence-electron chi connectivity index (χ2n) is 7.80. The van der Waals surface area contributed by atoms with Crippen molar-refractivity contribution >= 4 is 11.9 Å². The molecular formula is C19H27N3O2. The van der Waals surface area contributed by atoms with Crippen LogP contribution in [0.15, 0.2) is 35.3 Å². The Morgan fingerprint density at radius 1 is 1.21 bits per heavy atom. The van der Waals surface area contributed by atoms with Crippen LogP contribution < -0.4 is 0 Å². The summed E-state index contributed by atoms with van der Waals surface area (Å²) in [6.07, 6.45) is 0.929. The van der Waals surface area contributed by atoms with Gasteiger partial charge in [-0.25, -0.2) is 4.79 Å². The van der Waals surface area contributed by atoms with Crippen molar-refractivity contribution in [2.24, 2.45) is 10.4 Å². The van der Waals surface area contributed by atoms with Crippen molar-refractivity contribution < 1.29 is 9.90 Å². The number of carboxylic acid groups (broad SMARTS) is 1. The van der Waals surface area contributed by atoms with Gasteiger partial charge < -0.3 is 14.9 Å². The van der Waals surface area contributed by atoms with Crippen LogP contribution >= 0.6 is 0 Å². The van der Waals surface area contributed by atoms with E-state index in [1.807, 2.05) is 18.2 Å². The normalized spacial score (nSPS) is 24.9. The predicted octanol–water partition coefficient (Wildman–Crippen LogP) is 3.31. The van der Waals surface area contributed by atoms with Crippen LogP contribution in [0.2, 0.25) is 0 Å². The first-order chi connectivity index (χ1) is 11.4. The fraction of sp³-hybridized carbons (Fsp3) is 0.579. The summed E-state index contributed by atoms with van der Waals surface area (Å²) in [5, 5.41) is 9.54. The fourth-order valence-electron chi connectivity index (χ4n) is 3.94. The molecule has 1 fully saturated rings. The highest BCUT2D eigenvalue weighted by Gasteiger charge is 2.41. The third-order valence-corrected chi connectivity index (χ3v) is 5.17. The van der Waals surface area contributed by atoms with Crippen LogP contribution in [0.4, 0.5) is 4.79 Å². The molecule has 1 N–H and O–H groups in total. The summed E-state index contributed by atoms with van der Waals surface area (Å²) in [4.78, 5) is 20.4. The number of nitrogens with zero attached hydrogens (tertiary/aromatic N) is 3.